The lowest BCUT2D eigenvalue weighted by molar-refractivity contribution is 0.240. The number of benzene rings is 1. The molecule has 0 aromatic heterocycles. The summed E-state index contributed by atoms with van der Waals surface area (Å²) in [4.78, 5) is 2.22. The van der Waals surface area contributed by atoms with Crippen LogP contribution in [-0.2, 0) is 6.54 Å². The number of alkyl halides is 1. The van der Waals surface area contributed by atoms with Crippen LogP contribution in [0.25, 0.3) is 0 Å². The third kappa shape index (κ3) is 2.68. The van der Waals surface area contributed by atoms with Crippen LogP contribution in [0.15, 0.2) is 18.2 Å². The normalized spacial score (nSPS) is 25.4. The Labute approximate surface area is 109 Å². The molecule has 4 heteroatoms. The molecule has 1 aliphatic rings. The van der Waals surface area contributed by atoms with E-state index in [9.17, 15) is 8.78 Å². The molecule has 1 nitrogen and oxygen atoms in total. The van der Waals surface area contributed by atoms with Gasteiger partial charge in [-0.1, -0.05) is 35.0 Å². The molecule has 2 unspecified atom stereocenters. The summed E-state index contributed by atoms with van der Waals surface area (Å²) >= 11 is 3.49. The molecule has 0 radical (unpaired) electrons. The van der Waals surface area contributed by atoms with Crippen molar-refractivity contribution in [3.8, 4) is 0 Å². The number of nitrogens with zero attached hydrogens (tertiary/aromatic N) is 1. The van der Waals surface area contributed by atoms with Gasteiger partial charge in [0.25, 0.3) is 0 Å². The van der Waals surface area contributed by atoms with Crippen molar-refractivity contribution in [3.63, 3.8) is 0 Å². The molecule has 2 rings (SSSR count). The zero-order valence-corrected chi connectivity index (χ0v) is 11.4. The average molecular weight is 304 g/mol. The SMILES string of the molecule is CC1CCN(Cc2cccc(F)c2F)C1CBr. The average Bonchev–Trinajstić information content (AvgIpc) is 2.66. The Bertz CT molecular complexity index is 397. The summed E-state index contributed by atoms with van der Waals surface area (Å²) in [6, 6.07) is 4.80. The third-order valence-electron chi connectivity index (χ3n) is 3.56. The lowest BCUT2D eigenvalue weighted by Gasteiger charge is -2.25. The summed E-state index contributed by atoms with van der Waals surface area (Å²) in [6.45, 7) is 3.64. The summed E-state index contributed by atoms with van der Waals surface area (Å²) in [6.07, 6.45) is 1.12. The summed E-state index contributed by atoms with van der Waals surface area (Å²) < 4.78 is 26.7. The van der Waals surface area contributed by atoms with Crippen LogP contribution in [0.1, 0.15) is 18.9 Å². The van der Waals surface area contributed by atoms with Gasteiger partial charge in [-0.3, -0.25) is 4.90 Å². The molecule has 1 aromatic rings. The molecule has 94 valence electrons. The van der Waals surface area contributed by atoms with E-state index in [4.69, 9.17) is 0 Å². The Morgan fingerprint density at radius 2 is 2.18 bits per heavy atom. The molecule has 0 saturated carbocycles. The smallest absolute Gasteiger partial charge is 0.163 e. The molecular weight excluding hydrogens is 288 g/mol. The minimum Gasteiger partial charge on any atom is -0.295 e. The molecule has 1 aromatic carbocycles. The Balaban J connectivity index is 2.13. The van der Waals surface area contributed by atoms with Crippen LogP contribution in [0.5, 0.6) is 0 Å². The van der Waals surface area contributed by atoms with Crippen LogP contribution in [0, 0.1) is 17.6 Å². The Morgan fingerprint density at radius 1 is 1.41 bits per heavy atom. The molecule has 1 fully saturated rings. The van der Waals surface area contributed by atoms with E-state index in [-0.39, 0.29) is 0 Å². The van der Waals surface area contributed by atoms with Gasteiger partial charge in [-0.15, -0.1) is 0 Å². The standard InChI is InChI=1S/C13H16BrF2N/c1-9-5-6-17(12(9)7-14)8-10-3-2-4-11(15)13(10)16/h2-4,9,12H,5-8H2,1H3. The highest BCUT2D eigenvalue weighted by molar-refractivity contribution is 9.09. The van der Waals surface area contributed by atoms with Gasteiger partial charge in [-0.25, -0.2) is 8.78 Å². The molecule has 1 aliphatic heterocycles. The van der Waals surface area contributed by atoms with Gasteiger partial charge in [0.05, 0.1) is 0 Å². The third-order valence-corrected chi connectivity index (χ3v) is 4.22. The van der Waals surface area contributed by atoms with E-state index in [1.807, 2.05) is 0 Å². The van der Waals surface area contributed by atoms with E-state index in [1.165, 1.54) is 0 Å². The molecule has 0 aliphatic carbocycles. The minimum atomic E-state index is -0.759. The molecule has 1 saturated heterocycles. The number of likely N-dealkylation sites (tertiary alicyclic amines) is 1. The first kappa shape index (κ1) is 13.0. The van der Waals surface area contributed by atoms with E-state index in [0.717, 1.165) is 24.4 Å². The van der Waals surface area contributed by atoms with E-state index in [0.29, 0.717) is 24.1 Å². The molecular formula is C13H16BrF2N. The monoisotopic (exact) mass is 303 g/mol. The predicted molar refractivity (Wildman–Crippen MR) is 68.1 cm³/mol. The maximum Gasteiger partial charge on any atom is 0.163 e. The van der Waals surface area contributed by atoms with Crippen molar-refractivity contribution in [2.75, 3.05) is 11.9 Å². The summed E-state index contributed by atoms with van der Waals surface area (Å²) in [5, 5.41) is 0.880. The molecule has 0 spiro atoms. The summed E-state index contributed by atoms with van der Waals surface area (Å²) in [7, 11) is 0. The first-order valence-corrected chi connectivity index (χ1v) is 6.98. The summed E-state index contributed by atoms with van der Waals surface area (Å²) in [5.74, 6) is -0.864. The van der Waals surface area contributed by atoms with E-state index >= 15 is 0 Å². The van der Waals surface area contributed by atoms with Gasteiger partial charge in [0.1, 0.15) is 0 Å². The van der Waals surface area contributed by atoms with Gasteiger partial charge in [0.15, 0.2) is 11.6 Å². The highest BCUT2D eigenvalue weighted by atomic mass is 79.9. The molecule has 0 N–H and O–H groups in total. The minimum absolute atomic E-state index is 0.415. The second-order valence-corrected chi connectivity index (χ2v) is 5.32. The molecule has 1 heterocycles. The van der Waals surface area contributed by atoms with Crippen molar-refractivity contribution in [2.24, 2.45) is 5.92 Å². The van der Waals surface area contributed by atoms with Gasteiger partial charge in [0.2, 0.25) is 0 Å². The van der Waals surface area contributed by atoms with Crippen molar-refractivity contribution in [3.05, 3.63) is 35.4 Å². The van der Waals surface area contributed by atoms with Crippen LogP contribution in [0.2, 0.25) is 0 Å². The van der Waals surface area contributed by atoms with Crippen molar-refractivity contribution in [1.29, 1.82) is 0 Å². The lowest BCUT2D eigenvalue weighted by atomic mass is 10.0. The van der Waals surface area contributed by atoms with Crippen molar-refractivity contribution < 1.29 is 8.78 Å². The highest BCUT2D eigenvalue weighted by Gasteiger charge is 2.30. The molecule has 2 atom stereocenters. The lowest BCUT2D eigenvalue weighted by Crippen LogP contribution is -2.33. The highest BCUT2D eigenvalue weighted by Crippen LogP contribution is 2.27. The Kier molecular flexibility index (Phi) is 4.15. The van der Waals surface area contributed by atoms with Gasteiger partial charge >= 0.3 is 0 Å². The van der Waals surface area contributed by atoms with Gasteiger partial charge in [-0.2, -0.15) is 0 Å². The maximum atomic E-state index is 13.6. The van der Waals surface area contributed by atoms with Crippen molar-refractivity contribution in [1.82, 2.24) is 4.90 Å². The topological polar surface area (TPSA) is 3.24 Å². The first-order chi connectivity index (χ1) is 8.13. The first-order valence-electron chi connectivity index (χ1n) is 5.86. The number of halogens is 3. The van der Waals surface area contributed by atoms with E-state index < -0.39 is 11.6 Å². The fourth-order valence-electron chi connectivity index (χ4n) is 2.42. The fourth-order valence-corrected chi connectivity index (χ4v) is 3.47. The van der Waals surface area contributed by atoms with E-state index in [2.05, 4.69) is 27.8 Å². The van der Waals surface area contributed by atoms with Crippen molar-refractivity contribution >= 4 is 15.9 Å². The van der Waals surface area contributed by atoms with Gasteiger partial charge in [0, 0.05) is 23.5 Å². The van der Waals surface area contributed by atoms with Crippen LogP contribution in [0.4, 0.5) is 8.78 Å². The fraction of sp³-hybridized carbons (Fsp3) is 0.538. The number of hydrogen-bond donors (Lipinski definition) is 0. The summed E-state index contributed by atoms with van der Waals surface area (Å²) in [5.41, 5.74) is 0.449. The predicted octanol–water partition coefficient (Wildman–Crippen LogP) is 3.57. The largest absolute Gasteiger partial charge is 0.295 e. The van der Waals surface area contributed by atoms with Crippen LogP contribution < -0.4 is 0 Å². The molecule has 17 heavy (non-hydrogen) atoms. The second kappa shape index (κ2) is 5.44. The van der Waals surface area contributed by atoms with Gasteiger partial charge in [-0.05, 0) is 24.9 Å². The Morgan fingerprint density at radius 3 is 2.88 bits per heavy atom. The number of rotatable bonds is 3. The zero-order valence-electron chi connectivity index (χ0n) is 9.80. The van der Waals surface area contributed by atoms with Gasteiger partial charge < -0.3 is 0 Å². The van der Waals surface area contributed by atoms with E-state index in [1.54, 1.807) is 12.1 Å². The molecule has 0 bridgehead atoms. The maximum absolute atomic E-state index is 13.6. The van der Waals surface area contributed by atoms with Crippen LogP contribution >= 0.6 is 15.9 Å². The zero-order chi connectivity index (χ0) is 12.4. The second-order valence-electron chi connectivity index (χ2n) is 4.67. The quantitative estimate of drug-likeness (QED) is 0.772. The van der Waals surface area contributed by atoms with Crippen LogP contribution in [0.3, 0.4) is 0 Å². The molecule has 0 amide bonds. The van der Waals surface area contributed by atoms with Crippen molar-refractivity contribution in [2.45, 2.75) is 25.9 Å². The number of hydrogen-bond acceptors (Lipinski definition) is 1. The van der Waals surface area contributed by atoms with Crippen LogP contribution in [-0.4, -0.2) is 22.8 Å². The Hall–Kier alpha value is -0.480.